The van der Waals surface area contributed by atoms with Gasteiger partial charge in [-0.1, -0.05) is 38.0 Å². The summed E-state index contributed by atoms with van der Waals surface area (Å²) in [5, 5.41) is 8.12. The summed E-state index contributed by atoms with van der Waals surface area (Å²) in [4.78, 5) is 29.6. The van der Waals surface area contributed by atoms with Crippen LogP contribution in [0.15, 0.2) is 51.9 Å². The van der Waals surface area contributed by atoms with Crippen molar-refractivity contribution in [1.82, 2.24) is 14.8 Å². The Morgan fingerprint density at radius 3 is 2.62 bits per heavy atom. The van der Waals surface area contributed by atoms with Gasteiger partial charge in [0.25, 0.3) is 11.5 Å². The maximum Gasteiger partial charge on any atom is 0.277 e. The van der Waals surface area contributed by atoms with Crippen molar-refractivity contribution in [3.8, 4) is 0 Å². The minimum Gasteiger partial charge on any atom is -0.305 e. The van der Waals surface area contributed by atoms with E-state index in [1.165, 1.54) is 4.68 Å². The first-order valence-electron chi connectivity index (χ1n) is 8.53. The van der Waals surface area contributed by atoms with Crippen molar-refractivity contribution in [3.63, 3.8) is 0 Å². The number of hydrogen-bond acceptors (Lipinski definition) is 4. The van der Waals surface area contributed by atoms with Gasteiger partial charge in [0.15, 0.2) is 5.69 Å². The van der Waals surface area contributed by atoms with E-state index in [9.17, 15) is 9.59 Å². The highest BCUT2D eigenvalue weighted by Gasteiger charge is 2.17. The van der Waals surface area contributed by atoms with E-state index in [0.29, 0.717) is 23.1 Å². The number of unbranched alkanes of at least 4 members (excludes halogenated alkanes) is 2. The average molecular weight is 415 g/mol. The van der Waals surface area contributed by atoms with Crippen LogP contribution in [0, 0.1) is 0 Å². The lowest BCUT2D eigenvalue weighted by Gasteiger charge is -2.11. The van der Waals surface area contributed by atoms with Crippen LogP contribution < -0.4 is 10.9 Å². The standard InChI is InChI=1S/C19H19BrN4O2/c1-2-3-6-11-24-19(26)15-8-5-4-7-14(15)17(23-24)18(25)22-16-10-9-13(20)12-21-16/h4-5,7-10,12H,2-3,6,11H2,1H3,(H,21,22,25). The zero-order chi connectivity index (χ0) is 18.5. The second-order valence-corrected chi connectivity index (χ2v) is 6.86. The van der Waals surface area contributed by atoms with Crippen molar-refractivity contribution in [2.24, 2.45) is 0 Å². The van der Waals surface area contributed by atoms with E-state index in [0.717, 1.165) is 23.7 Å². The molecule has 0 radical (unpaired) electrons. The van der Waals surface area contributed by atoms with Gasteiger partial charge in [-0.05, 0) is 40.5 Å². The van der Waals surface area contributed by atoms with Crippen molar-refractivity contribution in [2.45, 2.75) is 32.7 Å². The van der Waals surface area contributed by atoms with E-state index in [4.69, 9.17) is 0 Å². The summed E-state index contributed by atoms with van der Waals surface area (Å²) < 4.78 is 2.21. The van der Waals surface area contributed by atoms with Crippen molar-refractivity contribution < 1.29 is 4.79 Å². The molecule has 3 rings (SSSR count). The number of halogens is 1. The lowest BCUT2D eigenvalue weighted by Crippen LogP contribution is -2.28. The molecule has 6 nitrogen and oxygen atoms in total. The molecule has 0 aliphatic rings. The maximum absolute atomic E-state index is 12.8. The Morgan fingerprint density at radius 1 is 1.15 bits per heavy atom. The Bertz CT molecular complexity index is 983. The maximum atomic E-state index is 12.8. The Morgan fingerprint density at radius 2 is 1.92 bits per heavy atom. The van der Waals surface area contributed by atoms with Gasteiger partial charge in [-0.15, -0.1) is 0 Å². The van der Waals surface area contributed by atoms with Gasteiger partial charge < -0.3 is 5.32 Å². The van der Waals surface area contributed by atoms with Crippen LogP contribution in [0.25, 0.3) is 10.8 Å². The average Bonchev–Trinajstić information content (AvgIpc) is 2.65. The second-order valence-electron chi connectivity index (χ2n) is 5.95. The summed E-state index contributed by atoms with van der Waals surface area (Å²) in [5.41, 5.74) is 0.0523. The Hall–Kier alpha value is -2.54. The predicted octanol–water partition coefficient (Wildman–Crippen LogP) is 4.00. The van der Waals surface area contributed by atoms with Gasteiger partial charge in [-0.2, -0.15) is 5.10 Å². The molecule has 7 heteroatoms. The number of aryl methyl sites for hydroxylation is 1. The first-order valence-corrected chi connectivity index (χ1v) is 9.32. The zero-order valence-corrected chi connectivity index (χ0v) is 16.0. The number of rotatable bonds is 6. The zero-order valence-electron chi connectivity index (χ0n) is 14.4. The highest BCUT2D eigenvalue weighted by molar-refractivity contribution is 9.10. The number of nitrogens with zero attached hydrogens (tertiary/aromatic N) is 3. The third-order valence-corrected chi connectivity index (χ3v) is 4.49. The molecule has 0 saturated heterocycles. The van der Waals surface area contributed by atoms with Gasteiger partial charge in [0, 0.05) is 22.6 Å². The van der Waals surface area contributed by atoms with Crippen LogP contribution >= 0.6 is 15.9 Å². The monoisotopic (exact) mass is 414 g/mol. The SMILES string of the molecule is CCCCCn1nc(C(=O)Nc2ccc(Br)cn2)c2ccccc2c1=O. The fourth-order valence-electron chi connectivity index (χ4n) is 2.69. The molecule has 0 aliphatic carbocycles. The van der Waals surface area contributed by atoms with E-state index < -0.39 is 0 Å². The van der Waals surface area contributed by atoms with Gasteiger partial charge in [0.05, 0.1) is 5.39 Å². The van der Waals surface area contributed by atoms with Crippen molar-refractivity contribution >= 4 is 38.4 Å². The van der Waals surface area contributed by atoms with Crippen LogP contribution in [0.1, 0.15) is 36.7 Å². The fraction of sp³-hybridized carbons (Fsp3) is 0.263. The Balaban J connectivity index is 2.00. The number of carbonyl (C=O) groups excluding carboxylic acids is 1. The van der Waals surface area contributed by atoms with E-state index in [-0.39, 0.29) is 17.2 Å². The number of hydrogen-bond donors (Lipinski definition) is 1. The third-order valence-electron chi connectivity index (χ3n) is 4.03. The van der Waals surface area contributed by atoms with Gasteiger partial charge >= 0.3 is 0 Å². The van der Waals surface area contributed by atoms with Gasteiger partial charge in [0.2, 0.25) is 0 Å². The molecule has 0 unspecified atom stereocenters. The molecule has 1 aromatic carbocycles. The van der Waals surface area contributed by atoms with Gasteiger partial charge in [-0.25, -0.2) is 9.67 Å². The molecule has 0 aliphatic heterocycles. The smallest absolute Gasteiger partial charge is 0.277 e. The summed E-state index contributed by atoms with van der Waals surface area (Å²) in [6, 6.07) is 10.5. The summed E-state index contributed by atoms with van der Waals surface area (Å²) in [7, 11) is 0. The van der Waals surface area contributed by atoms with Crippen molar-refractivity contribution in [1.29, 1.82) is 0 Å². The number of fused-ring (bicyclic) bond motifs is 1. The molecule has 134 valence electrons. The van der Waals surface area contributed by atoms with Crippen LogP contribution in [0.3, 0.4) is 0 Å². The molecular formula is C19H19BrN4O2. The molecule has 2 aromatic heterocycles. The van der Waals surface area contributed by atoms with Crippen LogP contribution in [-0.2, 0) is 6.54 Å². The summed E-state index contributed by atoms with van der Waals surface area (Å²) in [6.07, 6.45) is 4.50. The van der Waals surface area contributed by atoms with Crippen LogP contribution in [-0.4, -0.2) is 20.7 Å². The molecule has 2 heterocycles. The molecule has 1 amide bonds. The molecule has 3 aromatic rings. The third kappa shape index (κ3) is 3.99. The number of nitrogens with one attached hydrogen (secondary N) is 1. The van der Waals surface area contributed by atoms with Crippen LogP contribution in [0.4, 0.5) is 5.82 Å². The van der Waals surface area contributed by atoms with E-state index in [1.54, 1.807) is 42.6 Å². The second kappa shape index (κ2) is 8.23. The normalized spacial score (nSPS) is 10.8. The molecule has 1 N–H and O–H groups in total. The quantitative estimate of drug-likeness (QED) is 0.618. The summed E-state index contributed by atoms with van der Waals surface area (Å²) >= 11 is 3.31. The van der Waals surface area contributed by atoms with E-state index in [1.807, 2.05) is 0 Å². The highest BCUT2D eigenvalue weighted by Crippen LogP contribution is 2.16. The van der Waals surface area contributed by atoms with Crippen LogP contribution in [0.2, 0.25) is 0 Å². The fourth-order valence-corrected chi connectivity index (χ4v) is 2.93. The number of benzene rings is 1. The molecule has 0 bridgehead atoms. The Labute approximate surface area is 159 Å². The van der Waals surface area contributed by atoms with Gasteiger partial charge in [-0.3, -0.25) is 9.59 Å². The topological polar surface area (TPSA) is 76.9 Å². The minimum absolute atomic E-state index is 0.171. The highest BCUT2D eigenvalue weighted by atomic mass is 79.9. The van der Waals surface area contributed by atoms with Crippen molar-refractivity contribution in [2.75, 3.05) is 5.32 Å². The van der Waals surface area contributed by atoms with Crippen LogP contribution in [0.5, 0.6) is 0 Å². The molecule has 0 spiro atoms. The summed E-state index contributed by atoms with van der Waals surface area (Å²) in [5.74, 6) is 0.0353. The molecule has 0 atom stereocenters. The first kappa shape index (κ1) is 18.3. The number of aromatic nitrogens is 3. The Kier molecular flexibility index (Phi) is 5.78. The lowest BCUT2D eigenvalue weighted by molar-refractivity contribution is 0.102. The molecule has 0 fully saturated rings. The summed E-state index contributed by atoms with van der Waals surface area (Å²) in [6.45, 7) is 2.59. The first-order chi connectivity index (χ1) is 12.6. The van der Waals surface area contributed by atoms with E-state index in [2.05, 4.69) is 38.3 Å². The van der Waals surface area contributed by atoms with E-state index >= 15 is 0 Å². The molecule has 0 saturated carbocycles. The number of amides is 1. The number of carbonyl (C=O) groups is 1. The minimum atomic E-state index is -0.389. The molecular weight excluding hydrogens is 396 g/mol. The number of pyridine rings is 1. The predicted molar refractivity (Wildman–Crippen MR) is 105 cm³/mol. The van der Waals surface area contributed by atoms with Gasteiger partial charge in [0.1, 0.15) is 5.82 Å². The van der Waals surface area contributed by atoms with Crippen molar-refractivity contribution in [3.05, 3.63) is 63.1 Å². The number of anilines is 1. The largest absolute Gasteiger partial charge is 0.305 e. The lowest BCUT2D eigenvalue weighted by atomic mass is 10.1. The molecule has 26 heavy (non-hydrogen) atoms.